The number of hydrogen-bond donors (Lipinski definition) is 1. The normalized spacial score (nSPS) is 16.9. The molecule has 2 heterocycles. The summed E-state index contributed by atoms with van der Waals surface area (Å²) in [5, 5.41) is 3.89. The molecule has 4 rings (SSSR count). The van der Waals surface area contributed by atoms with Gasteiger partial charge >= 0.3 is 0 Å². The molecule has 0 radical (unpaired) electrons. The van der Waals surface area contributed by atoms with Crippen molar-refractivity contribution in [1.29, 1.82) is 0 Å². The predicted octanol–water partition coefficient (Wildman–Crippen LogP) is 3.73. The van der Waals surface area contributed by atoms with Gasteiger partial charge < -0.3 is 10.2 Å². The molecule has 0 saturated carbocycles. The van der Waals surface area contributed by atoms with Crippen molar-refractivity contribution in [3.05, 3.63) is 72.4 Å². The predicted molar refractivity (Wildman–Crippen MR) is 105 cm³/mol. The molecule has 5 heteroatoms. The first-order chi connectivity index (χ1) is 13.2. The van der Waals surface area contributed by atoms with Crippen LogP contribution in [0.4, 0.5) is 5.69 Å². The third-order valence-corrected chi connectivity index (χ3v) is 4.98. The average Bonchev–Trinajstić information content (AvgIpc) is 2.73. The van der Waals surface area contributed by atoms with E-state index in [1.165, 1.54) is 0 Å². The zero-order valence-electron chi connectivity index (χ0n) is 15.0. The standard InChI is InChI=1S/C22H21N3O2/c26-21(24-18-10-2-1-3-11-18)17-9-6-14-25(15-17)22(27)19-12-4-7-16-8-5-13-23-20(16)19/h1-5,7-8,10-13,17H,6,9,14-15H2,(H,24,26). The van der Waals surface area contributed by atoms with E-state index < -0.39 is 0 Å². The molecular weight excluding hydrogens is 338 g/mol. The van der Waals surface area contributed by atoms with E-state index in [9.17, 15) is 9.59 Å². The average molecular weight is 359 g/mol. The Balaban J connectivity index is 1.50. The van der Waals surface area contributed by atoms with E-state index >= 15 is 0 Å². The Labute approximate surface area is 158 Å². The van der Waals surface area contributed by atoms with Crippen LogP contribution >= 0.6 is 0 Å². The molecule has 0 bridgehead atoms. The zero-order valence-corrected chi connectivity index (χ0v) is 15.0. The van der Waals surface area contributed by atoms with E-state index in [4.69, 9.17) is 0 Å². The number of hydrogen-bond acceptors (Lipinski definition) is 3. The van der Waals surface area contributed by atoms with Gasteiger partial charge in [0.1, 0.15) is 0 Å². The molecule has 136 valence electrons. The van der Waals surface area contributed by atoms with E-state index in [1.807, 2.05) is 60.7 Å². The second kappa shape index (κ2) is 7.58. The van der Waals surface area contributed by atoms with Crippen molar-refractivity contribution in [2.24, 2.45) is 5.92 Å². The maximum absolute atomic E-state index is 13.1. The summed E-state index contributed by atoms with van der Waals surface area (Å²) >= 11 is 0. The number of carbonyl (C=O) groups excluding carboxylic acids is 2. The summed E-state index contributed by atoms with van der Waals surface area (Å²) in [5.41, 5.74) is 2.09. The first kappa shape index (κ1) is 17.2. The SMILES string of the molecule is O=C(Nc1ccccc1)C1CCCN(C(=O)c2cccc3cccnc23)C1. The number of anilines is 1. The fourth-order valence-electron chi connectivity index (χ4n) is 3.59. The van der Waals surface area contributed by atoms with Gasteiger partial charge in [0.05, 0.1) is 17.0 Å². The van der Waals surface area contributed by atoms with E-state index in [2.05, 4.69) is 10.3 Å². The van der Waals surface area contributed by atoms with Crippen LogP contribution in [0, 0.1) is 5.92 Å². The summed E-state index contributed by atoms with van der Waals surface area (Å²) in [6.07, 6.45) is 3.30. The van der Waals surface area contributed by atoms with Gasteiger partial charge in [-0.25, -0.2) is 0 Å². The van der Waals surface area contributed by atoms with Gasteiger partial charge in [-0.15, -0.1) is 0 Å². The molecule has 5 nitrogen and oxygen atoms in total. The van der Waals surface area contributed by atoms with Gasteiger partial charge in [0, 0.05) is 30.4 Å². The summed E-state index contributed by atoms with van der Waals surface area (Å²) in [6, 6.07) is 18.9. The molecular formula is C22H21N3O2. The zero-order chi connectivity index (χ0) is 18.6. The summed E-state index contributed by atoms with van der Waals surface area (Å²) in [7, 11) is 0. The van der Waals surface area contributed by atoms with E-state index in [0.717, 1.165) is 23.9 Å². The number of amides is 2. The van der Waals surface area contributed by atoms with Crippen LogP contribution in [0.3, 0.4) is 0 Å². The fraction of sp³-hybridized carbons (Fsp3) is 0.227. The van der Waals surface area contributed by atoms with E-state index in [-0.39, 0.29) is 17.7 Å². The molecule has 0 spiro atoms. The van der Waals surface area contributed by atoms with Crippen LogP contribution in [0.2, 0.25) is 0 Å². The van der Waals surface area contributed by atoms with Crippen LogP contribution < -0.4 is 5.32 Å². The molecule has 27 heavy (non-hydrogen) atoms. The lowest BCUT2D eigenvalue weighted by Crippen LogP contribution is -2.43. The smallest absolute Gasteiger partial charge is 0.256 e. The number of likely N-dealkylation sites (tertiary alicyclic amines) is 1. The maximum Gasteiger partial charge on any atom is 0.256 e. The van der Waals surface area contributed by atoms with Crippen LogP contribution in [-0.4, -0.2) is 34.8 Å². The van der Waals surface area contributed by atoms with Crippen molar-refractivity contribution in [2.45, 2.75) is 12.8 Å². The minimum Gasteiger partial charge on any atom is -0.338 e. The number of aromatic nitrogens is 1. The monoisotopic (exact) mass is 359 g/mol. The van der Waals surface area contributed by atoms with Gasteiger partial charge in [-0.2, -0.15) is 0 Å². The van der Waals surface area contributed by atoms with Gasteiger partial charge in [-0.3, -0.25) is 14.6 Å². The minimum atomic E-state index is -0.203. The van der Waals surface area contributed by atoms with Crippen LogP contribution in [0.1, 0.15) is 23.2 Å². The van der Waals surface area contributed by atoms with Crippen molar-refractivity contribution in [3.63, 3.8) is 0 Å². The molecule has 1 N–H and O–H groups in total. The lowest BCUT2D eigenvalue weighted by Gasteiger charge is -2.32. The highest BCUT2D eigenvalue weighted by molar-refractivity contribution is 6.05. The second-order valence-corrected chi connectivity index (χ2v) is 6.83. The first-order valence-corrected chi connectivity index (χ1v) is 9.21. The molecule has 3 aromatic rings. The Hall–Kier alpha value is -3.21. The largest absolute Gasteiger partial charge is 0.338 e. The molecule has 1 fully saturated rings. The van der Waals surface area contributed by atoms with Crippen molar-refractivity contribution in [2.75, 3.05) is 18.4 Å². The molecule has 1 saturated heterocycles. The molecule has 1 aliphatic rings. The third-order valence-electron chi connectivity index (χ3n) is 4.98. The number of fused-ring (bicyclic) bond motifs is 1. The Kier molecular flexibility index (Phi) is 4.83. The molecule has 1 aliphatic heterocycles. The Bertz CT molecular complexity index is 966. The number of carbonyl (C=O) groups is 2. The topological polar surface area (TPSA) is 62.3 Å². The minimum absolute atomic E-state index is 0.0326. The Morgan fingerprint density at radius 2 is 1.81 bits per heavy atom. The third kappa shape index (κ3) is 3.67. The summed E-state index contributed by atoms with van der Waals surface area (Å²) in [4.78, 5) is 31.9. The van der Waals surface area contributed by atoms with E-state index in [1.54, 1.807) is 11.1 Å². The number of benzene rings is 2. The Morgan fingerprint density at radius 1 is 1.00 bits per heavy atom. The van der Waals surface area contributed by atoms with E-state index in [0.29, 0.717) is 24.2 Å². The fourth-order valence-corrected chi connectivity index (χ4v) is 3.59. The maximum atomic E-state index is 13.1. The van der Waals surface area contributed by atoms with Crippen molar-refractivity contribution < 1.29 is 9.59 Å². The summed E-state index contributed by atoms with van der Waals surface area (Å²) in [5.74, 6) is -0.294. The van der Waals surface area contributed by atoms with Gasteiger partial charge in [0.2, 0.25) is 5.91 Å². The van der Waals surface area contributed by atoms with Crippen LogP contribution in [0.5, 0.6) is 0 Å². The molecule has 2 aromatic carbocycles. The number of piperidine rings is 1. The number of rotatable bonds is 3. The van der Waals surface area contributed by atoms with Crippen LogP contribution in [0.25, 0.3) is 10.9 Å². The highest BCUT2D eigenvalue weighted by Gasteiger charge is 2.29. The summed E-state index contributed by atoms with van der Waals surface area (Å²) < 4.78 is 0. The molecule has 1 atom stereocenters. The number of nitrogens with zero attached hydrogens (tertiary/aromatic N) is 2. The molecule has 2 amide bonds. The molecule has 0 aliphatic carbocycles. The quantitative estimate of drug-likeness (QED) is 0.775. The van der Waals surface area contributed by atoms with Crippen LogP contribution in [0.15, 0.2) is 66.9 Å². The first-order valence-electron chi connectivity index (χ1n) is 9.21. The van der Waals surface area contributed by atoms with Crippen molar-refractivity contribution in [3.8, 4) is 0 Å². The van der Waals surface area contributed by atoms with Gasteiger partial charge in [0.15, 0.2) is 0 Å². The van der Waals surface area contributed by atoms with Gasteiger partial charge in [-0.1, -0.05) is 36.4 Å². The molecule has 1 aromatic heterocycles. The highest BCUT2D eigenvalue weighted by Crippen LogP contribution is 2.23. The lowest BCUT2D eigenvalue weighted by atomic mass is 9.96. The number of pyridine rings is 1. The second-order valence-electron chi connectivity index (χ2n) is 6.83. The van der Waals surface area contributed by atoms with Crippen molar-refractivity contribution >= 4 is 28.4 Å². The van der Waals surface area contributed by atoms with Gasteiger partial charge in [-0.05, 0) is 37.1 Å². The highest BCUT2D eigenvalue weighted by atomic mass is 16.2. The Morgan fingerprint density at radius 3 is 2.67 bits per heavy atom. The summed E-state index contributed by atoms with van der Waals surface area (Å²) in [6.45, 7) is 1.10. The van der Waals surface area contributed by atoms with Crippen LogP contribution in [-0.2, 0) is 4.79 Å². The van der Waals surface area contributed by atoms with Crippen molar-refractivity contribution in [1.82, 2.24) is 9.88 Å². The number of para-hydroxylation sites is 2. The lowest BCUT2D eigenvalue weighted by molar-refractivity contribution is -0.121. The number of nitrogens with one attached hydrogen (secondary N) is 1. The molecule has 1 unspecified atom stereocenters. The van der Waals surface area contributed by atoms with Gasteiger partial charge in [0.25, 0.3) is 5.91 Å².